The zero-order valence-corrected chi connectivity index (χ0v) is 9.94. The first kappa shape index (κ1) is 12.7. The van der Waals surface area contributed by atoms with Gasteiger partial charge in [0.15, 0.2) is 0 Å². The smallest absolute Gasteiger partial charge is 0.236 e. The number of nitrogens with two attached hydrogens (primary N) is 1. The van der Waals surface area contributed by atoms with E-state index in [1.54, 1.807) is 10.9 Å². The molecule has 0 bridgehead atoms. The average Bonchev–Trinajstić information content (AvgIpc) is 2.64. The largest absolute Gasteiger partial charge is 0.354 e. The first-order chi connectivity index (χ1) is 7.63. The molecule has 1 rings (SSSR count). The van der Waals surface area contributed by atoms with E-state index in [1.807, 2.05) is 20.2 Å². The highest BCUT2D eigenvalue weighted by Crippen LogP contribution is 1.97. The van der Waals surface area contributed by atoms with Gasteiger partial charge in [-0.25, -0.2) is 0 Å². The molecular formula is C11H20N4O. The van der Waals surface area contributed by atoms with Gasteiger partial charge in [-0.2, -0.15) is 5.10 Å². The zero-order valence-electron chi connectivity index (χ0n) is 9.94. The van der Waals surface area contributed by atoms with Crippen LogP contribution in [0.1, 0.15) is 25.3 Å². The third-order valence-corrected chi connectivity index (χ3v) is 2.41. The summed E-state index contributed by atoms with van der Waals surface area (Å²) in [6, 6.07) is -0.376. The van der Waals surface area contributed by atoms with Crippen LogP contribution >= 0.6 is 0 Å². The summed E-state index contributed by atoms with van der Waals surface area (Å²) in [6.45, 7) is 2.63. The summed E-state index contributed by atoms with van der Waals surface area (Å²) in [4.78, 5) is 11.5. The third kappa shape index (κ3) is 4.02. The van der Waals surface area contributed by atoms with Crippen LogP contribution in [0, 0.1) is 0 Å². The minimum absolute atomic E-state index is 0.0641. The van der Waals surface area contributed by atoms with Crippen molar-refractivity contribution in [1.29, 1.82) is 0 Å². The lowest BCUT2D eigenvalue weighted by atomic mass is 10.1. The number of rotatable bonds is 6. The molecule has 0 aliphatic rings. The molecule has 0 radical (unpaired) electrons. The van der Waals surface area contributed by atoms with E-state index in [0.29, 0.717) is 6.54 Å². The molecule has 0 aliphatic heterocycles. The lowest BCUT2D eigenvalue weighted by molar-refractivity contribution is -0.122. The zero-order chi connectivity index (χ0) is 12.0. The van der Waals surface area contributed by atoms with Crippen molar-refractivity contribution in [3.05, 3.63) is 18.0 Å². The van der Waals surface area contributed by atoms with E-state index in [2.05, 4.69) is 10.4 Å². The summed E-state index contributed by atoms with van der Waals surface area (Å²) >= 11 is 0. The van der Waals surface area contributed by atoms with Crippen LogP contribution in [-0.4, -0.2) is 28.3 Å². The molecule has 0 saturated carbocycles. The van der Waals surface area contributed by atoms with Crippen molar-refractivity contribution in [3.8, 4) is 0 Å². The number of nitrogens with zero attached hydrogens (tertiary/aromatic N) is 2. The Hall–Kier alpha value is -1.36. The summed E-state index contributed by atoms with van der Waals surface area (Å²) in [5.74, 6) is -0.0641. The maximum Gasteiger partial charge on any atom is 0.236 e. The molecule has 0 aliphatic carbocycles. The second-order valence-electron chi connectivity index (χ2n) is 3.96. The topological polar surface area (TPSA) is 72.9 Å². The molecule has 5 nitrogen and oxygen atoms in total. The van der Waals surface area contributed by atoms with Crippen LogP contribution in [-0.2, 0) is 18.3 Å². The van der Waals surface area contributed by atoms with E-state index >= 15 is 0 Å². The second-order valence-corrected chi connectivity index (χ2v) is 3.96. The number of amides is 1. The summed E-state index contributed by atoms with van der Waals surface area (Å²) in [7, 11) is 1.87. The lowest BCUT2D eigenvalue weighted by Gasteiger charge is -2.10. The van der Waals surface area contributed by atoms with Crippen LogP contribution in [0.2, 0.25) is 0 Å². The van der Waals surface area contributed by atoms with Gasteiger partial charge in [-0.05, 0) is 18.4 Å². The lowest BCUT2D eigenvalue weighted by Crippen LogP contribution is -2.41. The Kier molecular flexibility index (Phi) is 4.98. The Morgan fingerprint density at radius 1 is 1.69 bits per heavy atom. The highest BCUT2D eigenvalue weighted by atomic mass is 16.2. The SMILES string of the molecule is CCC[C@@H](N)C(=O)NCCc1cnn(C)c1. The van der Waals surface area contributed by atoms with E-state index in [4.69, 9.17) is 5.73 Å². The normalized spacial score (nSPS) is 12.4. The molecule has 16 heavy (non-hydrogen) atoms. The molecule has 1 aromatic heterocycles. The van der Waals surface area contributed by atoms with Gasteiger partial charge in [0.1, 0.15) is 0 Å². The molecule has 90 valence electrons. The van der Waals surface area contributed by atoms with Crippen LogP contribution in [0.4, 0.5) is 0 Å². The van der Waals surface area contributed by atoms with E-state index < -0.39 is 0 Å². The molecule has 1 aromatic rings. The molecule has 0 saturated heterocycles. The standard InChI is InChI=1S/C11H20N4O/c1-3-4-10(12)11(16)13-6-5-9-7-14-15(2)8-9/h7-8,10H,3-6,12H2,1-2H3,(H,13,16)/t10-/m1/s1. The number of nitrogens with one attached hydrogen (secondary N) is 1. The van der Waals surface area contributed by atoms with Crippen LogP contribution in [0.3, 0.4) is 0 Å². The fourth-order valence-corrected chi connectivity index (χ4v) is 1.50. The Morgan fingerprint density at radius 2 is 2.44 bits per heavy atom. The summed E-state index contributed by atoms with van der Waals surface area (Å²) in [6.07, 6.45) is 6.20. The van der Waals surface area contributed by atoms with Crippen LogP contribution in [0.15, 0.2) is 12.4 Å². The maximum atomic E-state index is 11.5. The van der Waals surface area contributed by atoms with Gasteiger partial charge in [0.25, 0.3) is 0 Å². The fourth-order valence-electron chi connectivity index (χ4n) is 1.50. The van der Waals surface area contributed by atoms with Crippen LogP contribution in [0.25, 0.3) is 0 Å². The summed E-state index contributed by atoms with van der Waals surface area (Å²) < 4.78 is 1.75. The predicted octanol–water partition coefficient (Wildman–Crippen LogP) is 0.206. The molecule has 5 heteroatoms. The highest BCUT2D eigenvalue weighted by Gasteiger charge is 2.10. The average molecular weight is 224 g/mol. The molecule has 1 amide bonds. The second kappa shape index (κ2) is 6.27. The van der Waals surface area contributed by atoms with Crippen molar-refractivity contribution >= 4 is 5.91 Å². The molecule has 3 N–H and O–H groups in total. The van der Waals surface area contributed by atoms with E-state index in [0.717, 1.165) is 24.8 Å². The molecule has 0 unspecified atom stereocenters. The van der Waals surface area contributed by atoms with Crippen molar-refractivity contribution in [2.45, 2.75) is 32.2 Å². The number of hydrogen-bond donors (Lipinski definition) is 2. The van der Waals surface area contributed by atoms with Crippen molar-refractivity contribution in [1.82, 2.24) is 15.1 Å². The summed E-state index contributed by atoms with van der Waals surface area (Å²) in [5, 5.41) is 6.88. The minimum Gasteiger partial charge on any atom is -0.354 e. The number of hydrogen-bond acceptors (Lipinski definition) is 3. The van der Waals surface area contributed by atoms with Gasteiger partial charge in [0, 0.05) is 19.8 Å². The first-order valence-electron chi connectivity index (χ1n) is 5.64. The molecule has 1 heterocycles. The van der Waals surface area contributed by atoms with Crippen molar-refractivity contribution in [3.63, 3.8) is 0 Å². The molecule has 1 atom stereocenters. The van der Waals surface area contributed by atoms with Crippen LogP contribution < -0.4 is 11.1 Å². The molecule has 0 fully saturated rings. The monoisotopic (exact) mass is 224 g/mol. The third-order valence-electron chi connectivity index (χ3n) is 2.41. The minimum atomic E-state index is -0.376. The number of aryl methyl sites for hydroxylation is 1. The van der Waals surface area contributed by atoms with Gasteiger partial charge in [-0.15, -0.1) is 0 Å². The quantitative estimate of drug-likeness (QED) is 0.725. The molecule has 0 spiro atoms. The Labute approximate surface area is 96.0 Å². The van der Waals surface area contributed by atoms with Gasteiger partial charge < -0.3 is 11.1 Å². The Morgan fingerprint density at radius 3 is 3.00 bits per heavy atom. The van der Waals surface area contributed by atoms with E-state index in [1.165, 1.54) is 0 Å². The van der Waals surface area contributed by atoms with E-state index in [-0.39, 0.29) is 11.9 Å². The maximum absolute atomic E-state index is 11.5. The number of carbonyl (C=O) groups excluding carboxylic acids is 1. The molecule has 0 aromatic carbocycles. The summed E-state index contributed by atoms with van der Waals surface area (Å²) in [5.41, 5.74) is 6.80. The molecular weight excluding hydrogens is 204 g/mol. The Bertz CT molecular complexity index is 334. The number of carbonyl (C=O) groups is 1. The van der Waals surface area contributed by atoms with Crippen molar-refractivity contribution in [2.75, 3.05) is 6.54 Å². The van der Waals surface area contributed by atoms with E-state index in [9.17, 15) is 4.79 Å². The van der Waals surface area contributed by atoms with Gasteiger partial charge in [-0.1, -0.05) is 13.3 Å². The first-order valence-corrected chi connectivity index (χ1v) is 5.64. The van der Waals surface area contributed by atoms with Crippen molar-refractivity contribution in [2.24, 2.45) is 12.8 Å². The highest BCUT2D eigenvalue weighted by molar-refractivity contribution is 5.81. The van der Waals surface area contributed by atoms with Gasteiger partial charge in [0.2, 0.25) is 5.91 Å². The van der Waals surface area contributed by atoms with Gasteiger partial charge in [0.05, 0.1) is 12.2 Å². The predicted molar refractivity (Wildman–Crippen MR) is 62.8 cm³/mol. The Balaban J connectivity index is 2.22. The number of aromatic nitrogens is 2. The van der Waals surface area contributed by atoms with Gasteiger partial charge >= 0.3 is 0 Å². The van der Waals surface area contributed by atoms with Crippen molar-refractivity contribution < 1.29 is 4.79 Å². The van der Waals surface area contributed by atoms with Gasteiger partial charge in [-0.3, -0.25) is 9.48 Å². The fraction of sp³-hybridized carbons (Fsp3) is 0.636. The van der Waals surface area contributed by atoms with Crippen LogP contribution in [0.5, 0.6) is 0 Å².